The van der Waals surface area contributed by atoms with Gasteiger partial charge in [-0.3, -0.25) is 0 Å². The highest BCUT2D eigenvalue weighted by atomic mass is 79.9. The second kappa shape index (κ2) is 3.80. The van der Waals surface area contributed by atoms with E-state index in [4.69, 9.17) is 0 Å². The molecule has 0 radical (unpaired) electrons. The lowest BCUT2D eigenvalue weighted by atomic mass is 10.3. The van der Waals surface area contributed by atoms with Crippen molar-refractivity contribution in [2.75, 3.05) is 0 Å². The van der Waals surface area contributed by atoms with E-state index in [1.807, 2.05) is 0 Å². The van der Waals surface area contributed by atoms with E-state index in [1.165, 1.54) is 12.3 Å². The van der Waals surface area contributed by atoms with E-state index in [2.05, 4.69) is 25.7 Å². The number of ether oxygens (including phenoxy) is 1. The van der Waals surface area contributed by atoms with E-state index in [9.17, 15) is 8.78 Å². The smallest absolute Gasteiger partial charge is 0.387 e. The number of halogens is 3. The quantitative estimate of drug-likeness (QED) is 0.739. The van der Waals surface area contributed by atoms with Crippen molar-refractivity contribution in [3.05, 3.63) is 22.4 Å². The molecule has 0 fully saturated rings. The van der Waals surface area contributed by atoms with Gasteiger partial charge in [0.1, 0.15) is 10.4 Å². The fraction of sp³-hybridized carbons (Fsp3) is 0.286. The molecule has 0 amide bonds. The number of hydrogen-bond acceptors (Lipinski definition) is 2. The molecule has 0 N–H and O–H groups in total. The van der Waals surface area contributed by atoms with Crippen LogP contribution >= 0.6 is 15.9 Å². The first-order valence-corrected chi connectivity index (χ1v) is 3.96. The molecule has 0 unspecified atom stereocenters. The molecular weight excluding hydrogens is 232 g/mol. The summed E-state index contributed by atoms with van der Waals surface area (Å²) < 4.78 is 28.2. The zero-order valence-corrected chi connectivity index (χ0v) is 7.81. The van der Waals surface area contributed by atoms with Crippen LogP contribution in [0, 0.1) is 6.92 Å². The van der Waals surface area contributed by atoms with Crippen molar-refractivity contribution in [1.29, 1.82) is 0 Å². The van der Waals surface area contributed by atoms with Crippen molar-refractivity contribution < 1.29 is 13.5 Å². The number of aryl methyl sites for hydroxylation is 1. The average Bonchev–Trinajstić information content (AvgIpc) is 1.96. The molecule has 1 rings (SSSR count). The third-order valence-electron chi connectivity index (χ3n) is 1.24. The zero-order chi connectivity index (χ0) is 9.14. The number of hydrogen-bond donors (Lipinski definition) is 0. The Kier molecular flexibility index (Phi) is 2.97. The molecule has 0 saturated heterocycles. The number of pyridine rings is 1. The molecule has 0 aromatic carbocycles. The Morgan fingerprint density at radius 2 is 2.25 bits per heavy atom. The summed E-state index contributed by atoms with van der Waals surface area (Å²) >= 11 is 3.05. The summed E-state index contributed by atoms with van der Waals surface area (Å²) in [5.74, 6) is 0.145. The minimum atomic E-state index is -2.79. The third-order valence-corrected chi connectivity index (χ3v) is 1.67. The summed E-state index contributed by atoms with van der Waals surface area (Å²) in [4.78, 5) is 3.84. The Morgan fingerprint density at radius 1 is 1.58 bits per heavy atom. The van der Waals surface area contributed by atoms with Crippen molar-refractivity contribution >= 4 is 15.9 Å². The van der Waals surface area contributed by atoms with Crippen LogP contribution in [0.1, 0.15) is 5.56 Å². The fourth-order valence-corrected chi connectivity index (χ4v) is 1.01. The summed E-state index contributed by atoms with van der Waals surface area (Å²) in [6.07, 6.45) is 1.46. The maximum atomic E-state index is 11.8. The second-order valence-electron chi connectivity index (χ2n) is 2.15. The van der Waals surface area contributed by atoms with Crippen LogP contribution in [0.3, 0.4) is 0 Å². The zero-order valence-electron chi connectivity index (χ0n) is 6.22. The van der Waals surface area contributed by atoms with Gasteiger partial charge >= 0.3 is 6.61 Å². The molecule has 1 aromatic rings. The molecule has 0 aliphatic rings. The van der Waals surface area contributed by atoms with E-state index in [1.54, 1.807) is 6.92 Å². The highest BCUT2D eigenvalue weighted by Crippen LogP contribution is 2.22. The van der Waals surface area contributed by atoms with Crippen molar-refractivity contribution in [2.45, 2.75) is 13.5 Å². The maximum absolute atomic E-state index is 11.8. The van der Waals surface area contributed by atoms with Gasteiger partial charge in [0.15, 0.2) is 0 Å². The van der Waals surface area contributed by atoms with E-state index in [-0.39, 0.29) is 5.75 Å². The first-order chi connectivity index (χ1) is 5.59. The standard InChI is InChI=1S/C7H6BrF2NO/c1-4-3-11-6(8)2-5(4)12-7(9)10/h2-3,7H,1H3. The van der Waals surface area contributed by atoms with Crippen molar-refractivity contribution in [2.24, 2.45) is 0 Å². The number of aromatic nitrogens is 1. The van der Waals surface area contributed by atoms with Crippen LogP contribution < -0.4 is 4.74 Å². The molecule has 0 spiro atoms. The van der Waals surface area contributed by atoms with Crippen LogP contribution in [0.2, 0.25) is 0 Å². The molecule has 0 bridgehead atoms. The van der Waals surface area contributed by atoms with Crippen LogP contribution in [0.25, 0.3) is 0 Å². The van der Waals surface area contributed by atoms with Gasteiger partial charge in [0.05, 0.1) is 0 Å². The first kappa shape index (κ1) is 9.38. The molecule has 1 aromatic heterocycles. The van der Waals surface area contributed by atoms with Gasteiger partial charge < -0.3 is 4.74 Å². The van der Waals surface area contributed by atoms with Crippen LogP contribution in [0.15, 0.2) is 16.9 Å². The molecule has 0 aliphatic heterocycles. The van der Waals surface area contributed by atoms with Crippen LogP contribution in [0.5, 0.6) is 5.75 Å². The molecule has 5 heteroatoms. The SMILES string of the molecule is Cc1cnc(Br)cc1OC(F)F. The van der Waals surface area contributed by atoms with Crippen LogP contribution in [-0.2, 0) is 0 Å². The van der Waals surface area contributed by atoms with E-state index >= 15 is 0 Å². The predicted molar refractivity (Wildman–Crippen MR) is 43.3 cm³/mol. The Bertz CT molecular complexity index is 280. The highest BCUT2D eigenvalue weighted by Gasteiger charge is 2.07. The minimum absolute atomic E-state index is 0.145. The molecule has 12 heavy (non-hydrogen) atoms. The van der Waals surface area contributed by atoms with Gasteiger partial charge in [0, 0.05) is 17.8 Å². The summed E-state index contributed by atoms with van der Waals surface area (Å²) in [5.41, 5.74) is 0.582. The summed E-state index contributed by atoms with van der Waals surface area (Å²) in [6, 6.07) is 1.40. The van der Waals surface area contributed by atoms with E-state index < -0.39 is 6.61 Å². The predicted octanol–water partition coefficient (Wildman–Crippen LogP) is 2.75. The van der Waals surface area contributed by atoms with Gasteiger partial charge in [-0.25, -0.2) is 4.98 Å². The Labute approximate surface area is 76.7 Å². The van der Waals surface area contributed by atoms with Gasteiger partial charge in [0.25, 0.3) is 0 Å². The number of nitrogens with zero attached hydrogens (tertiary/aromatic N) is 1. The summed E-state index contributed by atoms with van der Waals surface area (Å²) in [5, 5.41) is 0. The lowest BCUT2D eigenvalue weighted by Gasteiger charge is -2.06. The number of rotatable bonds is 2. The van der Waals surface area contributed by atoms with Gasteiger partial charge in [-0.05, 0) is 22.9 Å². The number of alkyl halides is 2. The second-order valence-corrected chi connectivity index (χ2v) is 2.96. The summed E-state index contributed by atoms with van der Waals surface area (Å²) in [7, 11) is 0. The fourth-order valence-electron chi connectivity index (χ4n) is 0.704. The van der Waals surface area contributed by atoms with Gasteiger partial charge in [-0.15, -0.1) is 0 Å². The lowest BCUT2D eigenvalue weighted by molar-refractivity contribution is -0.0503. The molecular formula is C7H6BrF2NO. The normalized spacial score (nSPS) is 10.4. The Hall–Kier alpha value is -0.710. The lowest BCUT2D eigenvalue weighted by Crippen LogP contribution is -2.03. The van der Waals surface area contributed by atoms with Crippen molar-refractivity contribution in [1.82, 2.24) is 4.98 Å². The molecule has 2 nitrogen and oxygen atoms in total. The molecule has 0 aliphatic carbocycles. The van der Waals surface area contributed by atoms with Crippen molar-refractivity contribution in [3.63, 3.8) is 0 Å². The minimum Gasteiger partial charge on any atom is -0.434 e. The van der Waals surface area contributed by atoms with Gasteiger partial charge in [0.2, 0.25) is 0 Å². The van der Waals surface area contributed by atoms with E-state index in [0.29, 0.717) is 10.2 Å². The highest BCUT2D eigenvalue weighted by molar-refractivity contribution is 9.10. The first-order valence-electron chi connectivity index (χ1n) is 3.16. The van der Waals surface area contributed by atoms with Gasteiger partial charge in [-0.1, -0.05) is 0 Å². The maximum Gasteiger partial charge on any atom is 0.387 e. The average molecular weight is 238 g/mol. The third kappa shape index (κ3) is 2.41. The topological polar surface area (TPSA) is 22.1 Å². The van der Waals surface area contributed by atoms with Gasteiger partial charge in [-0.2, -0.15) is 8.78 Å². The molecule has 1 heterocycles. The molecule has 0 atom stereocenters. The largest absolute Gasteiger partial charge is 0.434 e. The monoisotopic (exact) mass is 237 g/mol. The Balaban J connectivity index is 2.90. The van der Waals surface area contributed by atoms with E-state index in [0.717, 1.165) is 0 Å². The molecule has 66 valence electrons. The Morgan fingerprint density at radius 3 is 2.83 bits per heavy atom. The van der Waals surface area contributed by atoms with Crippen LogP contribution in [0.4, 0.5) is 8.78 Å². The van der Waals surface area contributed by atoms with Crippen molar-refractivity contribution in [3.8, 4) is 5.75 Å². The summed E-state index contributed by atoms with van der Waals surface area (Å²) in [6.45, 7) is -1.14. The van der Waals surface area contributed by atoms with Crippen LogP contribution in [-0.4, -0.2) is 11.6 Å². The molecule has 0 saturated carbocycles.